The van der Waals surface area contributed by atoms with Gasteiger partial charge < -0.3 is 10.4 Å². The van der Waals surface area contributed by atoms with E-state index in [4.69, 9.17) is 0 Å². The molecule has 0 fully saturated rings. The molecule has 1 atom stereocenters. The number of aryl methyl sites for hydroxylation is 1. The van der Waals surface area contributed by atoms with Gasteiger partial charge in [-0.3, -0.25) is 5.10 Å². The number of nitrogens with one attached hydrogen (secondary N) is 2. The number of aliphatic hydroxyl groups is 1. The summed E-state index contributed by atoms with van der Waals surface area (Å²) in [5.41, 5.74) is 2.44. The predicted octanol–water partition coefficient (Wildman–Crippen LogP) is 2.77. The molecule has 4 rings (SSSR count). The molecule has 26 heavy (non-hydrogen) atoms. The summed E-state index contributed by atoms with van der Waals surface area (Å²) in [6, 6.07) is 11.6. The smallest absolute Gasteiger partial charge is 0.161 e. The first-order valence-corrected chi connectivity index (χ1v) is 8.14. The highest BCUT2D eigenvalue weighted by Crippen LogP contribution is 2.25. The molecule has 0 saturated carbocycles. The zero-order valence-electron chi connectivity index (χ0n) is 14.0. The number of hydrogen-bond donors (Lipinski definition) is 3. The Hall–Kier alpha value is -3.26. The van der Waals surface area contributed by atoms with Crippen LogP contribution < -0.4 is 5.32 Å². The van der Waals surface area contributed by atoms with Crippen LogP contribution in [0.1, 0.15) is 23.0 Å². The zero-order chi connectivity index (χ0) is 18.1. The van der Waals surface area contributed by atoms with Gasteiger partial charge in [0.05, 0.1) is 12.5 Å². The van der Waals surface area contributed by atoms with Gasteiger partial charge in [-0.05, 0) is 36.8 Å². The molecule has 0 aliphatic rings. The van der Waals surface area contributed by atoms with Gasteiger partial charge in [-0.25, -0.2) is 13.9 Å². The second-order valence-electron chi connectivity index (χ2n) is 6.00. The minimum atomic E-state index is -0.469. The minimum Gasteiger partial charge on any atom is -0.395 e. The largest absolute Gasteiger partial charge is 0.395 e. The summed E-state index contributed by atoms with van der Waals surface area (Å²) in [5.74, 6) is 0.842. The Morgan fingerprint density at radius 1 is 1.27 bits per heavy atom. The highest BCUT2D eigenvalue weighted by Gasteiger charge is 2.19. The van der Waals surface area contributed by atoms with Gasteiger partial charge in [-0.2, -0.15) is 10.2 Å². The third-order valence-corrected chi connectivity index (χ3v) is 4.13. The van der Waals surface area contributed by atoms with Gasteiger partial charge in [0.2, 0.25) is 0 Å². The molecule has 7 nitrogen and oxygen atoms in total. The molecule has 0 radical (unpaired) electrons. The number of hydrogen-bond acceptors (Lipinski definition) is 5. The van der Waals surface area contributed by atoms with Crippen molar-refractivity contribution in [1.82, 2.24) is 24.8 Å². The van der Waals surface area contributed by atoms with E-state index in [9.17, 15) is 9.50 Å². The second-order valence-corrected chi connectivity index (χ2v) is 6.00. The van der Waals surface area contributed by atoms with E-state index in [1.807, 2.05) is 25.1 Å². The number of H-pyrrole nitrogens is 1. The lowest BCUT2D eigenvalue weighted by molar-refractivity contribution is 0.276. The van der Waals surface area contributed by atoms with E-state index in [0.29, 0.717) is 17.5 Å². The third kappa shape index (κ3) is 3.02. The molecule has 4 aromatic rings. The summed E-state index contributed by atoms with van der Waals surface area (Å²) in [7, 11) is 0. The summed E-state index contributed by atoms with van der Waals surface area (Å²) in [5, 5.41) is 24.6. The Morgan fingerprint density at radius 3 is 2.77 bits per heavy atom. The number of rotatable bonds is 5. The summed E-state index contributed by atoms with van der Waals surface area (Å²) in [6.45, 7) is 1.71. The molecule has 0 spiro atoms. The fourth-order valence-electron chi connectivity index (χ4n) is 2.83. The van der Waals surface area contributed by atoms with Gasteiger partial charge in [0.25, 0.3) is 0 Å². The van der Waals surface area contributed by atoms with Crippen LogP contribution in [0.25, 0.3) is 5.52 Å². The van der Waals surface area contributed by atoms with E-state index in [-0.39, 0.29) is 12.4 Å². The van der Waals surface area contributed by atoms with Gasteiger partial charge >= 0.3 is 0 Å². The number of anilines is 2. The van der Waals surface area contributed by atoms with Crippen LogP contribution in [0.2, 0.25) is 0 Å². The lowest BCUT2D eigenvalue weighted by atomic mass is 9.99. The maximum Gasteiger partial charge on any atom is 0.161 e. The first-order valence-electron chi connectivity index (χ1n) is 8.14. The number of aromatic nitrogens is 5. The first-order chi connectivity index (χ1) is 12.6. The van der Waals surface area contributed by atoms with Crippen LogP contribution in [0.3, 0.4) is 0 Å². The van der Waals surface area contributed by atoms with E-state index in [1.165, 1.54) is 12.1 Å². The number of aromatic amines is 1. The molecule has 3 aromatic heterocycles. The van der Waals surface area contributed by atoms with Crippen molar-refractivity contribution < 1.29 is 9.50 Å². The Labute approximate surface area is 148 Å². The Balaban J connectivity index is 1.78. The topological polar surface area (TPSA) is 91.1 Å². The van der Waals surface area contributed by atoms with Crippen molar-refractivity contribution in [3.8, 4) is 0 Å². The third-order valence-electron chi connectivity index (χ3n) is 4.13. The Morgan fingerprint density at radius 2 is 2.08 bits per heavy atom. The summed E-state index contributed by atoms with van der Waals surface area (Å²) < 4.78 is 14.9. The highest BCUT2D eigenvalue weighted by molar-refractivity contribution is 5.72. The molecule has 132 valence electrons. The van der Waals surface area contributed by atoms with Crippen LogP contribution in [0.5, 0.6) is 0 Å². The summed E-state index contributed by atoms with van der Waals surface area (Å²) in [6.07, 6.45) is 1.81. The maximum absolute atomic E-state index is 13.2. The van der Waals surface area contributed by atoms with Gasteiger partial charge in [0.15, 0.2) is 17.5 Å². The van der Waals surface area contributed by atoms with Crippen molar-refractivity contribution in [2.24, 2.45) is 0 Å². The minimum absolute atomic E-state index is 0.195. The van der Waals surface area contributed by atoms with E-state index in [1.54, 1.807) is 22.8 Å². The van der Waals surface area contributed by atoms with Crippen molar-refractivity contribution in [2.75, 3.05) is 11.9 Å². The van der Waals surface area contributed by atoms with Gasteiger partial charge in [0.1, 0.15) is 11.3 Å². The SMILES string of the molecule is Cc1cc(Nc2nc(C(CO)c3ccc(F)cc3)nn3cccc23)n[nH]1. The molecular weight excluding hydrogens is 335 g/mol. The van der Waals surface area contributed by atoms with Crippen molar-refractivity contribution in [1.29, 1.82) is 0 Å². The normalized spacial score (nSPS) is 12.4. The van der Waals surface area contributed by atoms with Crippen LogP contribution in [0.15, 0.2) is 48.7 Å². The standard InChI is InChI=1S/C18H17FN6O/c1-11-9-16(23-22-11)20-18-15-3-2-8-25(15)24-17(21-18)14(10-26)12-4-6-13(19)7-5-12/h2-9,14,26H,10H2,1H3,(H2,20,21,22,23,24). The molecule has 1 unspecified atom stereocenters. The number of nitrogens with zero attached hydrogens (tertiary/aromatic N) is 4. The second kappa shape index (κ2) is 6.57. The molecule has 1 aromatic carbocycles. The van der Waals surface area contributed by atoms with E-state index >= 15 is 0 Å². The monoisotopic (exact) mass is 352 g/mol. The summed E-state index contributed by atoms with van der Waals surface area (Å²) in [4.78, 5) is 4.60. The number of halogens is 1. The van der Waals surface area contributed by atoms with Crippen LogP contribution in [0, 0.1) is 12.7 Å². The van der Waals surface area contributed by atoms with E-state index < -0.39 is 5.92 Å². The lowest BCUT2D eigenvalue weighted by Crippen LogP contribution is -2.14. The number of aliphatic hydroxyl groups excluding tert-OH is 1. The lowest BCUT2D eigenvalue weighted by Gasteiger charge is -2.15. The molecule has 0 aliphatic heterocycles. The van der Waals surface area contributed by atoms with E-state index in [2.05, 4.69) is 25.6 Å². The van der Waals surface area contributed by atoms with Crippen LogP contribution in [-0.2, 0) is 0 Å². The van der Waals surface area contributed by atoms with Crippen molar-refractivity contribution in [3.05, 3.63) is 71.6 Å². The Kier molecular flexibility index (Phi) is 4.10. The first kappa shape index (κ1) is 16.2. The molecule has 0 aliphatic carbocycles. The molecule has 0 amide bonds. The fourth-order valence-corrected chi connectivity index (χ4v) is 2.83. The summed E-state index contributed by atoms with van der Waals surface area (Å²) >= 11 is 0. The Bertz CT molecular complexity index is 1040. The van der Waals surface area contributed by atoms with E-state index in [0.717, 1.165) is 16.8 Å². The zero-order valence-corrected chi connectivity index (χ0v) is 14.0. The average Bonchev–Trinajstić information content (AvgIpc) is 3.26. The number of benzene rings is 1. The fraction of sp³-hybridized carbons (Fsp3) is 0.167. The van der Waals surface area contributed by atoms with Crippen molar-refractivity contribution >= 4 is 17.2 Å². The quantitative estimate of drug-likeness (QED) is 0.514. The maximum atomic E-state index is 13.2. The molecule has 3 N–H and O–H groups in total. The highest BCUT2D eigenvalue weighted by atomic mass is 19.1. The molecule has 0 saturated heterocycles. The molecule has 3 heterocycles. The van der Waals surface area contributed by atoms with Gasteiger partial charge in [0, 0.05) is 18.0 Å². The van der Waals surface area contributed by atoms with Crippen molar-refractivity contribution in [3.63, 3.8) is 0 Å². The predicted molar refractivity (Wildman–Crippen MR) is 94.9 cm³/mol. The molecular formula is C18H17FN6O. The molecule has 8 heteroatoms. The molecule has 0 bridgehead atoms. The van der Waals surface area contributed by atoms with Gasteiger partial charge in [-0.15, -0.1) is 0 Å². The number of fused-ring (bicyclic) bond motifs is 1. The average molecular weight is 352 g/mol. The van der Waals surface area contributed by atoms with Crippen molar-refractivity contribution in [2.45, 2.75) is 12.8 Å². The van der Waals surface area contributed by atoms with Gasteiger partial charge in [-0.1, -0.05) is 12.1 Å². The van der Waals surface area contributed by atoms with Crippen LogP contribution >= 0.6 is 0 Å². The van der Waals surface area contributed by atoms with Crippen LogP contribution in [0.4, 0.5) is 16.0 Å². The van der Waals surface area contributed by atoms with Crippen LogP contribution in [-0.4, -0.2) is 36.5 Å².